The zero-order valence-electron chi connectivity index (χ0n) is 21.5. The van der Waals surface area contributed by atoms with Gasteiger partial charge in [-0.25, -0.2) is 4.98 Å². The fraction of sp³-hybridized carbons (Fsp3) is 0.407. The highest BCUT2D eigenvalue weighted by atomic mass is 16.5. The maximum atomic E-state index is 12.5. The van der Waals surface area contributed by atoms with Crippen LogP contribution in [-0.2, 0) is 9.53 Å². The van der Waals surface area contributed by atoms with Crippen LogP contribution in [0.3, 0.4) is 0 Å². The number of carbonyl (C=O) groups excluding carboxylic acids is 1. The van der Waals surface area contributed by atoms with Crippen LogP contribution in [0.25, 0.3) is 22.2 Å². The number of pyridine rings is 1. The number of ether oxygens (including phenoxy) is 2. The Morgan fingerprint density at radius 2 is 2.11 bits per heavy atom. The van der Waals surface area contributed by atoms with Crippen molar-refractivity contribution in [1.29, 1.82) is 0 Å². The molecule has 192 valence electrons. The number of carbonyl (C=O) groups is 1. The molecule has 10 nitrogen and oxygen atoms in total. The standard InChI is InChI=1S/C27H30N6O4/c1-16-24(17(2)37-30-16)19-8-9-21-25-26(19)36-14-22(20-7-5-6-11-28-20)33(25)27(29-21)32-12-10-18(13-32)31(3)23(34)15-35-4/h5-9,11,18,22H,10,12-15H2,1-4H3/t18-,22-/m1/s1. The maximum absolute atomic E-state index is 12.5. The Hall–Kier alpha value is -3.92. The number of hydrogen-bond acceptors (Lipinski definition) is 8. The van der Waals surface area contributed by atoms with Crippen LogP contribution >= 0.6 is 0 Å². The van der Waals surface area contributed by atoms with Crippen molar-refractivity contribution in [2.45, 2.75) is 32.4 Å². The third-order valence-corrected chi connectivity index (χ3v) is 7.47. The van der Waals surface area contributed by atoms with Gasteiger partial charge in [0.15, 0.2) is 5.75 Å². The Labute approximate surface area is 214 Å². The topological polar surface area (TPSA) is 98.8 Å². The number of amides is 1. The van der Waals surface area contributed by atoms with Gasteiger partial charge in [-0.1, -0.05) is 11.2 Å². The average Bonchev–Trinajstić information content (AvgIpc) is 3.63. The summed E-state index contributed by atoms with van der Waals surface area (Å²) in [6, 6.07) is 9.95. The predicted molar refractivity (Wildman–Crippen MR) is 138 cm³/mol. The van der Waals surface area contributed by atoms with Crippen LogP contribution in [0, 0.1) is 13.8 Å². The second-order valence-corrected chi connectivity index (χ2v) is 9.70. The van der Waals surface area contributed by atoms with Gasteiger partial charge < -0.3 is 23.8 Å². The van der Waals surface area contributed by atoms with Crippen molar-refractivity contribution >= 4 is 22.9 Å². The van der Waals surface area contributed by atoms with Crippen molar-refractivity contribution in [2.75, 3.05) is 45.4 Å². The molecular formula is C27H30N6O4. The Morgan fingerprint density at radius 3 is 2.84 bits per heavy atom. The number of hydrogen-bond donors (Lipinski definition) is 0. The van der Waals surface area contributed by atoms with Gasteiger partial charge in [0.1, 0.15) is 30.5 Å². The summed E-state index contributed by atoms with van der Waals surface area (Å²) in [5.74, 6) is 2.37. The molecule has 0 spiro atoms. The fourth-order valence-corrected chi connectivity index (χ4v) is 5.57. The van der Waals surface area contributed by atoms with E-state index >= 15 is 0 Å². The van der Waals surface area contributed by atoms with Crippen LogP contribution in [0.1, 0.15) is 29.6 Å². The number of methoxy groups -OCH3 is 1. The zero-order valence-corrected chi connectivity index (χ0v) is 21.5. The highest BCUT2D eigenvalue weighted by molar-refractivity contribution is 5.94. The molecule has 2 aliphatic rings. The van der Waals surface area contributed by atoms with Gasteiger partial charge in [0, 0.05) is 39.0 Å². The summed E-state index contributed by atoms with van der Waals surface area (Å²) >= 11 is 0. The van der Waals surface area contributed by atoms with Crippen molar-refractivity contribution < 1.29 is 18.8 Å². The number of likely N-dealkylation sites (N-methyl/N-ethyl adjacent to an activating group) is 1. The number of anilines is 1. The maximum Gasteiger partial charge on any atom is 0.248 e. The monoisotopic (exact) mass is 502 g/mol. The van der Waals surface area contributed by atoms with E-state index in [4.69, 9.17) is 19.0 Å². The predicted octanol–water partition coefficient (Wildman–Crippen LogP) is 3.37. The number of nitrogens with zero attached hydrogens (tertiary/aromatic N) is 6. The van der Waals surface area contributed by atoms with Crippen molar-refractivity contribution in [1.82, 2.24) is 24.6 Å². The highest BCUT2D eigenvalue weighted by Crippen LogP contribution is 2.46. The summed E-state index contributed by atoms with van der Waals surface area (Å²) in [5.41, 5.74) is 5.41. The minimum absolute atomic E-state index is 0.0184. The molecule has 5 heterocycles. The molecule has 10 heteroatoms. The van der Waals surface area contributed by atoms with Gasteiger partial charge in [-0.3, -0.25) is 14.3 Å². The molecule has 2 atom stereocenters. The Kier molecular flexibility index (Phi) is 5.83. The molecule has 1 amide bonds. The molecule has 37 heavy (non-hydrogen) atoms. The van der Waals surface area contributed by atoms with E-state index in [2.05, 4.69) is 19.6 Å². The quantitative estimate of drug-likeness (QED) is 0.396. The molecule has 1 aromatic carbocycles. The molecule has 2 aliphatic heterocycles. The van der Waals surface area contributed by atoms with Crippen molar-refractivity contribution in [3.8, 4) is 16.9 Å². The summed E-state index contributed by atoms with van der Waals surface area (Å²) in [7, 11) is 3.39. The lowest BCUT2D eigenvalue weighted by molar-refractivity contribution is -0.135. The van der Waals surface area contributed by atoms with Crippen molar-refractivity contribution in [2.24, 2.45) is 0 Å². The molecular weight excluding hydrogens is 472 g/mol. The van der Waals surface area contributed by atoms with Gasteiger partial charge in [-0.2, -0.15) is 0 Å². The van der Waals surface area contributed by atoms with Gasteiger partial charge in [0.25, 0.3) is 0 Å². The van der Waals surface area contributed by atoms with E-state index in [0.717, 1.165) is 64.0 Å². The van der Waals surface area contributed by atoms with E-state index in [1.165, 1.54) is 0 Å². The van der Waals surface area contributed by atoms with Crippen molar-refractivity contribution in [3.05, 3.63) is 53.7 Å². The Morgan fingerprint density at radius 1 is 1.24 bits per heavy atom. The van der Waals surface area contributed by atoms with Gasteiger partial charge in [0.2, 0.25) is 11.9 Å². The van der Waals surface area contributed by atoms with Gasteiger partial charge >= 0.3 is 0 Å². The average molecular weight is 503 g/mol. The van der Waals surface area contributed by atoms with Gasteiger partial charge in [0.05, 0.1) is 28.5 Å². The van der Waals surface area contributed by atoms with Crippen LogP contribution < -0.4 is 9.64 Å². The van der Waals surface area contributed by atoms with E-state index in [-0.39, 0.29) is 24.6 Å². The van der Waals surface area contributed by atoms with E-state index < -0.39 is 0 Å². The second-order valence-electron chi connectivity index (χ2n) is 9.70. The van der Waals surface area contributed by atoms with E-state index in [1.807, 2.05) is 51.2 Å². The summed E-state index contributed by atoms with van der Waals surface area (Å²) in [6.45, 7) is 5.85. The zero-order chi connectivity index (χ0) is 25.7. The van der Waals surface area contributed by atoms with Crippen LogP contribution in [0.15, 0.2) is 41.1 Å². The molecule has 0 bridgehead atoms. The molecule has 1 fully saturated rings. The number of imidazole rings is 1. The largest absolute Gasteiger partial charge is 0.488 e. The SMILES string of the molecule is COCC(=O)N(C)[C@@H]1CCN(c2nc3ccc(-c4c(C)noc4C)c4c3n2[C@@H](c2ccccn2)CO4)C1. The Bertz CT molecular complexity index is 1440. The van der Waals surface area contributed by atoms with E-state index in [0.29, 0.717) is 13.2 Å². The lowest BCUT2D eigenvalue weighted by atomic mass is 10.0. The number of aryl methyl sites for hydroxylation is 2. The minimum Gasteiger partial charge on any atom is -0.488 e. The van der Waals surface area contributed by atoms with Gasteiger partial charge in [-0.05, 0) is 44.5 Å². The van der Waals surface area contributed by atoms with E-state index in [1.54, 1.807) is 18.2 Å². The second kappa shape index (κ2) is 9.19. The molecule has 4 aromatic rings. The third-order valence-electron chi connectivity index (χ3n) is 7.47. The van der Waals surface area contributed by atoms with E-state index in [9.17, 15) is 4.79 Å². The highest BCUT2D eigenvalue weighted by Gasteiger charge is 2.36. The molecule has 6 rings (SSSR count). The number of rotatable bonds is 6. The smallest absolute Gasteiger partial charge is 0.248 e. The lowest BCUT2D eigenvalue weighted by Gasteiger charge is -2.30. The summed E-state index contributed by atoms with van der Waals surface area (Å²) in [5, 5.41) is 4.16. The Balaban J connectivity index is 1.48. The van der Waals surface area contributed by atoms with Crippen LogP contribution in [-0.4, -0.2) is 77.0 Å². The van der Waals surface area contributed by atoms with Crippen LogP contribution in [0.2, 0.25) is 0 Å². The molecule has 3 aromatic heterocycles. The van der Waals surface area contributed by atoms with Gasteiger partial charge in [-0.15, -0.1) is 0 Å². The van der Waals surface area contributed by atoms with Crippen LogP contribution in [0.4, 0.5) is 5.95 Å². The molecule has 0 aliphatic carbocycles. The van der Waals surface area contributed by atoms with Crippen molar-refractivity contribution in [3.63, 3.8) is 0 Å². The summed E-state index contributed by atoms with van der Waals surface area (Å²) < 4.78 is 19.3. The lowest BCUT2D eigenvalue weighted by Crippen LogP contribution is -2.41. The molecule has 0 radical (unpaired) electrons. The number of aromatic nitrogens is 4. The molecule has 0 saturated carbocycles. The summed E-state index contributed by atoms with van der Waals surface area (Å²) in [4.78, 5) is 26.3. The first kappa shape index (κ1) is 23.5. The summed E-state index contributed by atoms with van der Waals surface area (Å²) in [6.07, 6.45) is 2.66. The first-order valence-corrected chi connectivity index (χ1v) is 12.5. The first-order valence-electron chi connectivity index (χ1n) is 12.5. The third kappa shape index (κ3) is 3.83. The van der Waals surface area contributed by atoms with Crippen LogP contribution in [0.5, 0.6) is 5.75 Å². The molecule has 0 unspecified atom stereocenters. The molecule has 1 saturated heterocycles. The number of benzene rings is 1. The normalized spacial score (nSPS) is 18.9. The first-order chi connectivity index (χ1) is 18.0. The minimum atomic E-state index is -0.138. The molecule has 0 N–H and O–H groups in total. The fourth-order valence-electron chi connectivity index (χ4n) is 5.57.